The number of aromatic amines is 1. The minimum atomic E-state index is -1.31. The fourth-order valence-corrected chi connectivity index (χ4v) is 4.11. The van der Waals surface area contributed by atoms with Gasteiger partial charge in [-0.1, -0.05) is 48.5 Å². The molecule has 1 heterocycles. The van der Waals surface area contributed by atoms with Crippen LogP contribution in [0.3, 0.4) is 0 Å². The number of aryl methyl sites for hydroxylation is 2. The summed E-state index contributed by atoms with van der Waals surface area (Å²) in [6, 6.07) is 14.5. The Balaban J connectivity index is 1.44. The first kappa shape index (κ1) is 22.1. The number of alkyl carbamates (subject to hydrolysis) is 1. The predicted octanol–water partition coefficient (Wildman–Crippen LogP) is 3.35. The van der Waals surface area contributed by atoms with Gasteiger partial charge in [0.05, 0.1) is 23.5 Å². The highest BCUT2D eigenvalue weighted by Gasteiger charge is 2.30. The van der Waals surface area contributed by atoms with E-state index in [1.165, 1.54) is 0 Å². The molecule has 0 saturated carbocycles. The van der Waals surface area contributed by atoms with E-state index in [0.29, 0.717) is 17.1 Å². The Labute approximate surface area is 190 Å². The number of hydrogen-bond acceptors (Lipinski definition) is 5. The van der Waals surface area contributed by atoms with Crippen molar-refractivity contribution in [2.45, 2.75) is 32.2 Å². The summed E-state index contributed by atoms with van der Waals surface area (Å²) >= 11 is 0. The van der Waals surface area contributed by atoms with Gasteiger partial charge in [0.25, 0.3) is 0 Å². The SMILES string of the molecule is Cc1n[nH]c(C)c1NC(=O)C(CC(=O)O)NC(=O)OCC1c2ccccc2-c2ccccc21. The Morgan fingerprint density at radius 3 is 2.21 bits per heavy atom. The van der Waals surface area contributed by atoms with Crippen molar-refractivity contribution in [2.75, 3.05) is 11.9 Å². The van der Waals surface area contributed by atoms with Crippen LogP contribution >= 0.6 is 0 Å². The Hall–Kier alpha value is -4.14. The molecule has 0 aliphatic heterocycles. The van der Waals surface area contributed by atoms with Crippen molar-refractivity contribution in [3.8, 4) is 11.1 Å². The molecule has 9 nitrogen and oxygen atoms in total. The number of rotatable bonds is 7. The number of ether oxygens (including phenoxy) is 1. The maximum Gasteiger partial charge on any atom is 0.407 e. The predicted molar refractivity (Wildman–Crippen MR) is 121 cm³/mol. The molecule has 33 heavy (non-hydrogen) atoms. The molecule has 1 aliphatic rings. The van der Waals surface area contributed by atoms with Crippen LogP contribution in [0.4, 0.5) is 10.5 Å². The highest BCUT2D eigenvalue weighted by atomic mass is 16.5. The number of anilines is 1. The molecule has 0 fully saturated rings. The highest BCUT2D eigenvalue weighted by molar-refractivity contribution is 5.99. The van der Waals surface area contributed by atoms with E-state index in [9.17, 15) is 19.5 Å². The van der Waals surface area contributed by atoms with Crippen LogP contribution in [0.15, 0.2) is 48.5 Å². The second-order valence-electron chi connectivity index (χ2n) is 7.92. The summed E-state index contributed by atoms with van der Waals surface area (Å²) in [5.74, 6) is -2.04. The van der Waals surface area contributed by atoms with Crippen molar-refractivity contribution in [3.05, 3.63) is 71.0 Å². The summed E-state index contributed by atoms with van der Waals surface area (Å²) in [6.07, 6.45) is -1.45. The van der Waals surface area contributed by atoms with Gasteiger partial charge in [-0.2, -0.15) is 5.10 Å². The minimum absolute atomic E-state index is 0.0568. The topological polar surface area (TPSA) is 133 Å². The summed E-state index contributed by atoms with van der Waals surface area (Å²) in [4.78, 5) is 36.5. The fourth-order valence-electron chi connectivity index (χ4n) is 4.11. The molecule has 3 aromatic rings. The molecule has 1 unspecified atom stereocenters. The number of H-pyrrole nitrogens is 1. The number of benzene rings is 2. The van der Waals surface area contributed by atoms with E-state index in [1.807, 2.05) is 48.5 Å². The second kappa shape index (κ2) is 9.15. The van der Waals surface area contributed by atoms with Gasteiger partial charge in [-0.05, 0) is 36.1 Å². The first-order valence-electron chi connectivity index (χ1n) is 10.5. The number of carbonyl (C=O) groups excluding carboxylic acids is 2. The molecule has 2 amide bonds. The molecule has 1 aromatic heterocycles. The first-order chi connectivity index (χ1) is 15.8. The van der Waals surface area contributed by atoms with E-state index in [4.69, 9.17) is 4.74 Å². The number of fused-ring (bicyclic) bond motifs is 3. The maximum absolute atomic E-state index is 12.7. The van der Waals surface area contributed by atoms with Crippen LogP contribution < -0.4 is 10.6 Å². The molecule has 0 radical (unpaired) electrons. The number of amides is 2. The van der Waals surface area contributed by atoms with E-state index >= 15 is 0 Å². The summed E-state index contributed by atoms with van der Waals surface area (Å²) in [6.45, 7) is 3.48. The van der Waals surface area contributed by atoms with Crippen molar-refractivity contribution in [1.29, 1.82) is 0 Å². The average molecular weight is 448 g/mol. The number of hydrogen-bond donors (Lipinski definition) is 4. The number of aliphatic carboxylic acids is 1. The van der Waals surface area contributed by atoms with E-state index < -0.39 is 30.4 Å². The zero-order valence-electron chi connectivity index (χ0n) is 18.2. The number of aromatic nitrogens is 2. The van der Waals surface area contributed by atoms with Gasteiger partial charge in [-0.3, -0.25) is 14.7 Å². The molecule has 0 saturated heterocycles. The Morgan fingerprint density at radius 1 is 1.06 bits per heavy atom. The number of nitrogens with one attached hydrogen (secondary N) is 3. The van der Waals surface area contributed by atoms with Gasteiger partial charge in [0, 0.05) is 5.92 Å². The van der Waals surface area contributed by atoms with Gasteiger partial charge < -0.3 is 20.5 Å². The van der Waals surface area contributed by atoms with Gasteiger partial charge in [0.15, 0.2) is 0 Å². The lowest BCUT2D eigenvalue weighted by molar-refractivity contribution is -0.139. The van der Waals surface area contributed by atoms with Crippen molar-refractivity contribution < 1.29 is 24.2 Å². The van der Waals surface area contributed by atoms with Gasteiger partial charge in [0.2, 0.25) is 5.91 Å². The maximum atomic E-state index is 12.7. The Morgan fingerprint density at radius 2 is 1.67 bits per heavy atom. The molecular formula is C24H24N4O5. The molecule has 9 heteroatoms. The Bertz CT molecular complexity index is 1150. The third kappa shape index (κ3) is 4.57. The summed E-state index contributed by atoms with van der Waals surface area (Å²) in [5, 5.41) is 21.0. The molecular weight excluding hydrogens is 424 g/mol. The number of nitrogens with zero attached hydrogens (tertiary/aromatic N) is 1. The number of carboxylic acids is 1. The van der Waals surface area contributed by atoms with Gasteiger partial charge >= 0.3 is 12.1 Å². The number of carbonyl (C=O) groups is 3. The van der Waals surface area contributed by atoms with Crippen LogP contribution in [0.5, 0.6) is 0 Å². The zero-order valence-corrected chi connectivity index (χ0v) is 18.2. The molecule has 170 valence electrons. The lowest BCUT2D eigenvalue weighted by atomic mass is 9.98. The molecule has 1 aliphatic carbocycles. The van der Waals surface area contributed by atoms with Crippen molar-refractivity contribution >= 4 is 23.7 Å². The van der Waals surface area contributed by atoms with Crippen LogP contribution in [-0.4, -0.2) is 45.9 Å². The van der Waals surface area contributed by atoms with Crippen molar-refractivity contribution in [2.24, 2.45) is 0 Å². The average Bonchev–Trinajstić information content (AvgIpc) is 3.28. The lowest BCUT2D eigenvalue weighted by Crippen LogP contribution is -2.45. The molecule has 0 spiro atoms. The van der Waals surface area contributed by atoms with E-state index in [2.05, 4.69) is 20.8 Å². The highest BCUT2D eigenvalue weighted by Crippen LogP contribution is 2.44. The standard InChI is InChI=1S/C24H24N4O5/c1-13-22(14(2)28-27-13)26-23(31)20(11-21(29)30)25-24(32)33-12-19-17-9-5-3-7-15(17)16-8-4-6-10-18(16)19/h3-10,19-20H,11-12H2,1-2H3,(H,25,32)(H,26,31)(H,27,28)(H,29,30). The van der Waals surface area contributed by atoms with Gasteiger partial charge in [-0.25, -0.2) is 4.79 Å². The normalized spacial score (nSPS) is 13.0. The summed E-state index contributed by atoms with van der Waals surface area (Å²) < 4.78 is 5.44. The smallest absolute Gasteiger partial charge is 0.407 e. The number of carboxylic acid groups (broad SMARTS) is 1. The first-order valence-corrected chi connectivity index (χ1v) is 10.5. The quantitative estimate of drug-likeness (QED) is 0.438. The molecule has 2 aromatic carbocycles. The van der Waals surface area contributed by atoms with Crippen LogP contribution in [0, 0.1) is 13.8 Å². The van der Waals surface area contributed by atoms with Crippen LogP contribution in [-0.2, 0) is 14.3 Å². The fraction of sp³-hybridized carbons (Fsp3) is 0.250. The second-order valence-corrected chi connectivity index (χ2v) is 7.92. The van der Waals surface area contributed by atoms with Crippen molar-refractivity contribution in [3.63, 3.8) is 0 Å². The van der Waals surface area contributed by atoms with Crippen LogP contribution in [0.2, 0.25) is 0 Å². The molecule has 4 N–H and O–H groups in total. The molecule has 1 atom stereocenters. The molecule has 0 bridgehead atoms. The Kier molecular flexibility index (Phi) is 6.12. The monoisotopic (exact) mass is 448 g/mol. The minimum Gasteiger partial charge on any atom is -0.481 e. The van der Waals surface area contributed by atoms with Crippen LogP contribution in [0.1, 0.15) is 34.9 Å². The lowest BCUT2D eigenvalue weighted by Gasteiger charge is -2.19. The zero-order chi connectivity index (χ0) is 23.5. The van der Waals surface area contributed by atoms with E-state index in [1.54, 1.807) is 13.8 Å². The third-order valence-corrected chi connectivity index (χ3v) is 5.71. The van der Waals surface area contributed by atoms with E-state index in [0.717, 1.165) is 22.3 Å². The van der Waals surface area contributed by atoms with E-state index in [-0.39, 0.29) is 12.5 Å². The summed E-state index contributed by atoms with van der Waals surface area (Å²) in [5.41, 5.74) is 5.92. The van der Waals surface area contributed by atoms with Gasteiger partial charge in [0.1, 0.15) is 12.6 Å². The van der Waals surface area contributed by atoms with Gasteiger partial charge in [-0.15, -0.1) is 0 Å². The van der Waals surface area contributed by atoms with Crippen molar-refractivity contribution in [1.82, 2.24) is 15.5 Å². The third-order valence-electron chi connectivity index (χ3n) is 5.71. The summed E-state index contributed by atoms with van der Waals surface area (Å²) in [7, 11) is 0. The van der Waals surface area contributed by atoms with Crippen LogP contribution in [0.25, 0.3) is 11.1 Å². The largest absolute Gasteiger partial charge is 0.481 e. The molecule has 4 rings (SSSR count).